The van der Waals surface area contributed by atoms with Gasteiger partial charge in [-0.05, 0) is 37.6 Å². The first-order chi connectivity index (χ1) is 10.2. The molecule has 0 unspecified atom stereocenters. The third kappa shape index (κ3) is 5.78. The topological polar surface area (TPSA) is 116 Å². The zero-order chi connectivity index (χ0) is 16.8. The molecule has 0 saturated heterocycles. The van der Waals surface area contributed by atoms with Crippen molar-refractivity contribution in [3.05, 3.63) is 30.1 Å². The standard InChI is InChI=1S/C13H17FN2O5S/c1-9(13(15)18)21-12(17)3-2-8-16-22(19,20)11-6-4-10(14)5-7-11/h4-7,9,16H,2-3,8H2,1H3,(H2,15,18)/t9-/m1/s1. The Labute approximate surface area is 127 Å². The van der Waals surface area contributed by atoms with Crippen LogP contribution >= 0.6 is 0 Å². The van der Waals surface area contributed by atoms with E-state index >= 15 is 0 Å². The Morgan fingerprint density at radius 2 is 1.91 bits per heavy atom. The average Bonchev–Trinajstić information content (AvgIpc) is 2.44. The molecule has 1 rings (SSSR count). The minimum atomic E-state index is -3.75. The smallest absolute Gasteiger partial charge is 0.306 e. The Balaban J connectivity index is 2.39. The number of carbonyl (C=O) groups excluding carboxylic acids is 2. The maximum absolute atomic E-state index is 12.7. The molecule has 0 aliphatic rings. The summed E-state index contributed by atoms with van der Waals surface area (Å²) in [6.07, 6.45) is -0.905. The third-order valence-electron chi connectivity index (χ3n) is 2.68. The third-order valence-corrected chi connectivity index (χ3v) is 4.16. The van der Waals surface area contributed by atoms with Crippen molar-refractivity contribution in [1.82, 2.24) is 4.72 Å². The van der Waals surface area contributed by atoms with Crippen molar-refractivity contribution in [1.29, 1.82) is 0 Å². The molecule has 0 saturated carbocycles. The number of carbonyl (C=O) groups is 2. The van der Waals surface area contributed by atoms with Gasteiger partial charge in [-0.3, -0.25) is 9.59 Å². The van der Waals surface area contributed by atoms with E-state index in [-0.39, 0.29) is 24.3 Å². The maximum atomic E-state index is 12.7. The van der Waals surface area contributed by atoms with E-state index in [0.717, 1.165) is 24.3 Å². The molecule has 1 atom stereocenters. The predicted octanol–water partition coefficient (Wildman–Crippen LogP) is 0.301. The van der Waals surface area contributed by atoms with Crippen molar-refractivity contribution in [2.75, 3.05) is 6.54 Å². The van der Waals surface area contributed by atoms with Crippen molar-refractivity contribution < 1.29 is 27.1 Å². The van der Waals surface area contributed by atoms with E-state index in [9.17, 15) is 22.4 Å². The average molecular weight is 332 g/mol. The molecule has 0 aliphatic heterocycles. The van der Waals surface area contributed by atoms with Crippen LogP contribution in [0.2, 0.25) is 0 Å². The molecule has 122 valence electrons. The summed E-state index contributed by atoms with van der Waals surface area (Å²) in [5.74, 6) is -1.94. The minimum Gasteiger partial charge on any atom is -0.453 e. The first-order valence-corrected chi connectivity index (χ1v) is 7.94. The molecular weight excluding hydrogens is 315 g/mol. The Morgan fingerprint density at radius 1 is 1.32 bits per heavy atom. The van der Waals surface area contributed by atoms with Gasteiger partial charge in [-0.15, -0.1) is 0 Å². The number of benzene rings is 1. The van der Waals surface area contributed by atoms with E-state index in [0.29, 0.717) is 0 Å². The summed E-state index contributed by atoms with van der Waals surface area (Å²) in [5.41, 5.74) is 4.94. The number of nitrogens with one attached hydrogen (secondary N) is 1. The first-order valence-electron chi connectivity index (χ1n) is 6.46. The fourth-order valence-electron chi connectivity index (χ4n) is 1.45. The lowest BCUT2D eigenvalue weighted by atomic mass is 10.3. The van der Waals surface area contributed by atoms with Gasteiger partial charge >= 0.3 is 5.97 Å². The second-order valence-corrected chi connectivity index (χ2v) is 6.26. The number of ether oxygens (including phenoxy) is 1. The Kier molecular flexibility index (Phi) is 6.44. The molecule has 0 spiro atoms. The molecule has 1 aromatic carbocycles. The number of nitrogens with two attached hydrogens (primary N) is 1. The van der Waals surface area contributed by atoms with Gasteiger partial charge in [0.1, 0.15) is 5.82 Å². The highest BCUT2D eigenvalue weighted by Crippen LogP contribution is 2.09. The lowest BCUT2D eigenvalue weighted by Gasteiger charge is -2.10. The number of primary amides is 1. The van der Waals surface area contributed by atoms with Crippen LogP contribution in [-0.4, -0.2) is 32.9 Å². The molecule has 9 heteroatoms. The molecule has 0 fully saturated rings. The van der Waals surface area contributed by atoms with Crippen LogP contribution in [0.3, 0.4) is 0 Å². The Hall–Kier alpha value is -2.00. The van der Waals surface area contributed by atoms with Gasteiger partial charge in [0.05, 0.1) is 4.90 Å². The van der Waals surface area contributed by atoms with Crippen molar-refractivity contribution in [3.63, 3.8) is 0 Å². The maximum Gasteiger partial charge on any atom is 0.306 e. The van der Waals surface area contributed by atoms with Gasteiger partial charge < -0.3 is 10.5 Å². The van der Waals surface area contributed by atoms with Crippen LogP contribution < -0.4 is 10.5 Å². The summed E-state index contributed by atoms with van der Waals surface area (Å²) < 4.78 is 43.4. The Bertz CT molecular complexity index is 630. The summed E-state index contributed by atoms with van der Waals surface area (Å²) in [6.45, 7) is 1.34. The first kappa shape index (κ1) is 18.1. The summed E-state index contributed by atoms with van der Waals surface area (Å²) in [5, 5.41) is 0. The normalized spacial score (nSPS) is 12.6. The lowest BCUT2D eigenvalue weighted by Crippen LogP contribution is -2.31. The van der Waals surface area contributed by atoms with Gasteiger partial charge in [0.2, 0.25) is 10.0 Å². The van der Waals surface area contributed by atoms with E-state index in [1.54, 1.807) is 0 Å². The van der Waals surface area contributed by atoms with Gasteiger partial charge in [-0.1, -0.05) is 0 Å². The van der Waals surface area contributed by atoms with Gasteiger partial charge in [0, 0.05) is 13.0 Å². The molecule has 1 aromatic rings. The van der Waals surface area contributed by atoms with Crippen LogP contribution in [0.5, 0.6) is 0 Å². The summed E-state index contributed by atoms with van der Waals surface area (Å²) in [7, 11) is -3.75. The monoisotopic (exact) mass is 332 g/mol. The lowest BCUT2D eigenvalue weighted by molar-refractivity contribution is -0.153. The van der Waals surface area contributed by atoms with Crippen molar-refractivity contribution in [3.8, 4) is 0 Å². The quantitative estimate of drug-likeness (QED) is 0.525. The van der Waals surface area contributed by atoms with Crippen molar-refractivity contribution >= 4 is 21.9 Å². The van der Waals surface area contributed by atoms with Crippen molar-refractivity contribution in [2.24, 2.45) is 5.73 Å². The molecular formula is C13H17FN2O5S. The fourth-order valence-corrected chi connectivity index (χ4v) is 2.52. The molecule has 22 heavy (non-hydrogen) atoms. The van der Waals surface area contributed by atoms with Gasteiger partial charge in [0.25, 0.3) is 5.91 Å². The van der Waals surface area contributed by atoms with Crippen LogP contribution in [0.1, 0.15) is 19.8 Å². The number of esters is 1. The van der Waals surface area contributed by atoms with E-state index in [1.807, 2.05) is 0 Å². The van der Waals surface area contributed by atoms with Crippen LogP contribution in [-0.2, 0) is 24.3 Å². The number of hydrogen-bond acceptors (Lipinski definition) is 5. The van der Waals surface area contributed by atoms with Gasteiger partial charge in [-0.25, -0.2) is 17.5 Å². The number of sulfonamides is 1. The molecule has 0 heterocycles. The van der Waals surface area contributed by atoms with Gasteiger partial charge in [-0.2, -0.15) is 0 Å². The van der Waals surface area contributed by atoms with E-state index in [2.05, 4.69) is 4.72 Å². The highest BCUT2D eigenvalue weighted by atomic mass is 32.2. The van der Waals surface area contributed by atoms with E-state index in [4.69, 9.17) is 10.5 Å². The van der Waals surface area contributed by atoms with E-state index < -0.39 is 33.8 Å². The van der Waals surface area contributed by atoms with E-state index in [1.165, 1.54) is 6.92 Å². The van der Waals surface area contributed by atoms with Crippen molar-refractivity contribution in [2.45, 2.75) is 30.8 Å². The summed E-state index contributed by atoms with van der Waals surface area (Å²) in [6, 6.07) is 4.36. The van der Waals surface area contributed by atoms with Crippen LogP contribution in [0.15, 0.2) is 29.2 Å². The molecule has 0 bridgehead atoms. The van der Waals surface area contributed by atoms with Crippen LogP contribution in [0, 0.1) is 5.82 Å². The van der Waals surface area contributed by atoms with Crippen LogP contribution in [0.4, 0.5) is 4.39 Å². The molecule has 0 aromatic heterocycles. The zero-order valence-corrected chi connectivity index (χ0v) is 12.7. The summed E-state index contributed by atoms with van der Waals surface area (Å²) >= 11 is 0. The fraction of sp³-hybridized carbons (Fsp3) is 0.385. The second kappa shape index (κ2) is 7.85. The highest BCUT2D eigenvalue weighted by molar-refractivity contribution is 7.89. The molecule has 3 N–H and O–H groups in total. The highest BCUT2D eigenvalue weighted by Gasteiger charge is 2.16. The number of hydrogen-bond donors (Lipinski definition) is 2. The largest absolute Gasteiger partial charge is 0.453 e. The van der Waals surface area contributed by atoms with Gasteiger partial charge in [0.15, 0.2) is 6.10 Å². The summed E-state index contributed by atoms with van der Waals surface area (Å²) in [4.78, 5) is 22.0. The molecule has 0 aliphatic carbocycles. The zero-order valence-electron chi connectivity index (χ0n) is 11.9. The molecule has 0 radical (unpaired) electrons. The second-order valence-electron chi connectivity index (χ2n) is 4.49. The molecule has 1 amide bonds. The number of amides is 1. The minimum absolute atomic E-state index is 0.000236. The van der Waals surface area contributed by atoms with Crippen LogP contribution in [0.25, 0.3) is 0 Å². The molecule has 7 nitrogen and oxygen atoms in total. The SMILES string of the molecule is C[C@@H](OC(=O)CCCNS(=O)(=O)c1ccc(F)cc1)C(N)=O. The Morgan fingerprint density at radius 3 is 2.45 bits per heavy atom. The number of rotatable bonds is 8. The predicted molar refractivity (Wildman–Crippen MR) is 75.6 cm³/mol. The number of halogens is 1.